The highest BCUT2D eigenvalue weighted by Crippen LogP contribution is 2.28. The molecule has 3 aromatic heterocycles. The first-order chi connectivity index (χ1) is 16.5. The molecule has 0 aromatic carbocycles. The smallest absolute Gasteiger partial charge is 0.254 e. The molecule has 0 bridgehead atoms. The van der Waals surface area contributed by atoms with Gasteiger partial charge < -0.3 is 15.1 Å². The highest BCUT2D eigenvalue weighted by atomic mass is 16.1. The fourth-order valence-corrected chi connectivity index (χ4v) is 4.42. The maximum Gasteiger partial charge on any atom is 0.254 e. The van der Waals surface area contributed by atoms with Crippen LogP contribution in [0.2, 0.25) is 0 Å². The molecule has 3 aromatic rings. The average Bonchev–Trinajstić information content (AvgIpc) is 3.56. The molecule has 2 fully saturated rings. The minimum atomic E-state index is -0.317. The maximum absolute atomic E-state index is 13.0. The quantitative estimate of drug-likeness (QED) is 0.542. The van der Waals surface area contributed by atoms with E-state index in [4.69, 9.17) is 0 Å². The van der Waals surface area contributed by atoms with Crippen molar-refractivity contribution in [3.63, 3.8) is 0 Å². The van der Waals surface area contributed by atoms with Gasteiger partial charge in [-0.3, -0.25) is 14.3 Å². The first-order valence-electron chi connectivity index (χ1n) is 12.1. The van der Waals surface area contributed by atoms with Crippen molar-refractivity contribution in [2.75, 3.05) is 43.5 Å². The zero-order valence-electron chi connectivity index (χ0n) is 20.1. The van der Waals surface area contributed by atoms with Crippen molar-refractivity contribution >= 4 is 11.5 Å². The van der Waals surface area contributed by atoms with Crippen molar-refractivity contribution in [3.05, 3.63) is 47.3 Å². The lowest BCUT2D eigenvalue weighted by Crippen LogP contribution is -2.46. The number of hydrogen-bond donors (Lipinski definition) is 1. The standard InChI is InChI=1S/C24H33N9O/c1-17(33-16-22(28-29-33)21-13-25-14-23(27-21)30(2)3)32-10-8-20(11-24(32)34)31-9-4-5-19(15-31)26-12-18-6-7-18/h8,10-11,13-14,16-19,26H,4-7,9,12,15H2,1-3H3/t17?,19-/m1/s1. The summed E-state index contributed by atoms with van der Waals surface area (Å²) in [6, 6.07) is 4.27. The summed E-state index contributed by atoms with van der Waals surface area (Å²) in [4.78, 5) is 26.1. The highest BCUT2D eigenvalue weighted by molar-refractivity contribution is 5.54. The SMILES string of the molecule is CC(n1cc(-c2cncc(N(C)C)n2)nn1)n1ccc(N2CCC[C@@H](NCC3CC3)C2)cc1=O. The van der Waals surface area contributed by atoms with E-state index in [1.165, 1.54) is 19.3 Å². The van der Waals surface area contributed by atoms with Gasteiger partial charge in [0.1, 0.15) is 23.4 Å². The molecule has 1 aliphatic heterocycles. The molecule has 2 aliphatic rings. The zero-order valence-corrected chi connectivity index (χ0v) is 20.1. The van der Waals surface area contributed by atoms with E-state index in [1.807, 2.05) is 38.2 Å². The number of nitrogens with zero attached hydrogens (tertiary/aromatic N) is 8. The number of rotatable bonds is 8. The van der Waals surface area contributed by atoms with Crippen LogP contribution in [0.1, 0.15) is 38.8 Å². The van der Waals surface area contributed by atoms with Gasteiger partial charge in [-0.2, -0.15) is 0 Å². The van der Waals surface area contributed by atoms with E-state index in [-0.39, 0.29) is 11.7 Å². The third kappa shape index (κ3) is 4.96. The number of nitrogens with one attached hydrogen (secondary N) is 1. The summed E-state index contributed by atoms with van der Waals surface area (Å²) >= 11 is 0. The Morgan fingerprint density at radius 2 is 2.06 bits per heavy atom. The van der Waals surface area contributed by atoms with Crippen molar-refractivity contribution in [1.29, 1.82) is 0 Å². The van der Waals surface area contributed by atoms with Gasteiger partial charge in [-0.1, -0.05) is 5.21 Å². The van der Waals surface area contributed by atoms with Gasteiger partial charge >= 0.3 is 0 Å². The fraction of sp³-hybridized carbons (Fsp3) is 0.542. The van der Waals surface area contributed by atoms with Crippen LogP contribution in [0.5, 0.6) is 0 Å². The molecule has 34 heavy (non-hydrogen) atoms. The third-order valence-corrected chi connectivity index (χ3v) is 6.75. The Hall–Kier alpha value is -3.27. The van der Waals surface area contributed by atoms with E-state index in [0.29, 0.717) is 17.4 Å². The van der Waals surface area contributed by atoms with E-state index in [9.17, 15) is 4.79 Å². The van der Waals surface area contributed by atoms with Crippen LogP contribution in [-0.4, -0.2) is 69.3 Å². The van der Waals surface area contributed by atoms with Crippen molar-refractivity contribution in [2.45, 2.75) is 44.8 Å². The Kier molecular flexibility index (Phi) is 6.32. The molecule has 0 amide bonds. The predicted molar refractivity (Wildman–Crippen MR) is 132 cm³/mol. The Labute approximate surface area is 199 Å². The van der Waals surface area contributed by atoms with Crippen LogP contribution in [-0.2, 0) is 0 Å². The molecular formula is C24H33N9O. The first kappa shape index (κ1) is 22.5. The molecule has 4 heterocycles. The van der Waals surface area contributed by atoms with Gasteiger partial charge in [0.25, 0.3) is 5.56 Å². The number of pyridine rings is 1. The Morgan fingerprint density at radius 3 is 2.82 bits per heavy atom. The normalized spacial score (nSPS) is 19.3. The summed E-state index contributed by atoms with van der Waals surface area (Å²) in [6.07, 6.45) is 11.8. The van der Waals surface area contributed by atoms with Gasteiger partial charge in [-0.15, -0.1) is 5.10 Å². The van der Waals surface area contributed by atoms with Crippen LogP contribution in [0.15, 0.2) is 41.7 Å². The van der Waals surface area contributed by atoms with Crippen LogP contribution >= 0.6 is 0 Å². The summed E-state index contributed by atoms with van der Waals surface area (Å²) in [6.45, 7) is 4.99. The van der Waals surface area contributed by atoms with Crippen LogP contribution in [0.25, 0.3) is 11.4 Å². The molecule has 10 heteroatoms. The van der Waals surface area contributed by atoms with Crippen molar-refractivity contribution in [2.24, 2.45) is 5.92 Å². The second-order valence-electron chi connectivity index (χ2n) is 9.64. The van der Waals surface area contributed by atoms with Gasteiger partial charge in [0.2, 0.25) is 0 Å². The molecule has 1 unspecified atom stereocenters. The molecule has 1 aliphatic carbocycles. The lowest BCUT2D eigenvalue weighted by molar-refractivity contribution is 0.403. The maximum atomic E-state index is 13.0. The van der Waals surface area contributed by atoms with Gasteiger partial charge in [-0.05, 0) is 51.1 Å². The Morgan fingerprint density at radius 1 is 1.21 bits per heavy atom. The largest absolute Gasteiger partial charge is 0.370 e. The molecule has 1 saturated heterocycles. The highest BCUT2D eigenvalue weighted by Gasteiger charge is 2.25. The van der Waals surface area contributed by atoms with Crippen LogP contribution in [0.4, 0.5) is 11.5 Å². The van der Waals surface area contributed by atoms with E-state index in [1.54, 1.807) is 33.9 Å². The molecule has 1 saturated carbocycles. The lowest BCUT2D eigenvalue weighted by Gasteiger charge is -2.35. The van der Waals surface area contributed by atoms with Crippen molar-refractivity contribution < 1.29 is 0 Å². The van der Waals surface area contributed by atoms with E-state index >= 15 is 0 Å². The average molecular weight is 464 g/mol. The van der Waals surface area contributed by atoms with E-state index in [2.05, 4.69) is 30.5 Å². The van der Waals surface area contributed by atoms with Crippen LogP contribution < -0.4 is 20.7 Å². The molecular weight excluding hydrogens is 430 g/mol. The molecule has 10 nitrogen and oxygen atoms in total. The minimum Gasteiger partial charge on any atom is -0.370 e. The number of anilines is 2. The van der Waals surface area contributed by atoms with Crippen LogP contribution in [0, 0.1) is 5.92 Å². The summed E-state index contributed by atoms with van der Waals surface area (Å²) < 4.78 is 3.36. The topological polar surface area (TPSA) is 97.0 Å². The van der Waals surface area contributed by atoms with E-state index in [0.717, 1.165) is 43.5 Å². The van der Waals surface area contributed by atoms with Crippen LogP contribution in [0.3, 0.4) is 0 Å². The summed E-state index contributed by atoms with van der Waals surface area (Å²) in [5, 5.41) is 12.2. The minimum absolute atomic E-state index is 0.0514. The first-order valence-corrected chi connectivity index (χ1v) is 12.1. The number of aromatic nitrogens is 6. The van der Waals surface area contributed by atoms with Crippen molar-refractivity contribution in [3.8, 4) is 11.4 Å². The second-order valence-corrected chi connectivity index (χ2v) is 9.64. The number of piperidine rings is 1. The predicted octanol–water partition coefficient (Wildman–Crippen LogP) is 2.00. The molecule has 0 radical (unpaired) electrons. The monoisotopic (exact) mass is 463 g/mol. The van der Waals surface area contributed by atoms with Gasteiger partial charge in [0, 0.05) is 51.2 Å². The molecule has 0 spiro atoms. The summed E-state index contributed by atoms with van der Waals surface area (Å²) in [5.41, 5.74) is 2.19. The van der Waals surface area contributed by atoms with Gasteiger partial charge in [0.15, 0.2) is 0 Å². The van der Waals surface area contributed by atoms with Gasteiger partial charge in [0.05, 0.1) is 18.6 Å². The van der Waals surface area contributed by atoms with E-state index < -0.39 is 0 Å². The second kappa shape index (κ2) is 9.54. The molecule has 1 N–H and O–H groups in total. The summed E-state index contributed by atoms with van der Waals surface area (Å²) in [5.74, 6) is 1.62. The fourth-order valence-electron chi connectivity index (χ4n) is 4.42. The summed E-state index contributed by atoms with van der Waals surface area (Å²) in [7, 11) is 3.83. The zero-order chi connectivity index (χ0) is 23.7. The van der Waals surface area contributed by atoms with Gasteiger partial charge in [-0.25, -0.2) is 9.67 Å². The molecule has 2 atom stereocenters. The lowest BCUT2D eigenvalue weighted by atomic mass is 10.0. The number of hydrogen-bond acceptors (Lipinski definition) is 8. The van der Waals surface area contributed by atoms with Crippen molar-refractivity contribution in [1.82, 2.24) is 34.8 Å². The molecule has 5 rings (SSSR count). The molecule has 180 valence electrons. The Bertz CT molecular complexity index is 1180. The Balaban J connectivity index is 1.29. The third-order valence-electron chi connectivity index (χ3n) is 6.75.